The average molecular weight is 384 g/mol. The van der Waals surface area contributed by atoms with Crippen LogP contribution in [-0.2, 0) is 14.3 Å². The van der Waals surface area contributed by atoms with E-state index in [1.165, 1.54) is 55.5 Å². The van der Waals surface area contributed by atoms with Crippen LogP contribution in [0.25, 0.3) is 11.4 Å². The van der Waals surface area contributed by atoms with Crippen LogP contribution < -0.4 is 5.01 Å². The number of carbonyl (C=O) groups is 3. The molecular formula is C19H17FN4O4. The molecule has 0 radical (unpaired) electrons. The van der Waals surface area contributed by atoms with Crippen molar-refractivity contribution in [2.45, 2.75) is 13.8 Å². The summed E-state index contributed by atoms with van der Waals surface area (Å²) in [6.45, 7) is 3.30. The first-order chi connectivity index (χ1) is 13.3. The maximum absolute atomic E-state index is 13.2. The Morgan fingerprint density at radius 1 is 1.25 bits per heavy atom. The molecule has 1 aliphatic rings. The number of hydrazine groups is 1. The molecule has 1 aliphatic heterocycles. The molecule has 0 unspecified atom stereocenters. The summed E-state index contributed by atoms with van der Waals surface area (Å²) in [5.41, 5.74) is 0.752. The van der Waals surface area contributed by atoms with Gasteiger partial charge in [-0.1, -0.05) is 0 Å². The van der Waals surface area contributed by atoms with Gasteiger partial charge >= 0.3 is 5.97 Å². The Hall–Kier alpha value is -3.62. The van der Waals surface area contributed by atoms with Gasteiger partial charge in [-0.05, 0) is 38.1 Å². The third-order valence-corrected chi connectivity index (χ3v) is 4.05. The highest BCUT2D eigenvalue weighted by Crippen LogP contribution is 2.26. The van der Waals surface area contributed by atoms with Gasteiger partial charge in [-0.2, -0.15) is 5.01 Å². The van der Waals surface area contributed by atoms with Crippen molar-refractivity contribution >= 4 is 23.6 Å². The summed E-state index contributed by atoms with van der Waals surface area (Å²) in [6, 6.07) is 5.47. The van der Waals surface area contributed by atoms with E-state index >= 15 is 0 Å². The van der Waals surface area contributed by atoms with Gasteiger partial charge < -0.3 is 4.74 Å². The zero-order valence-corrected chi connectivity index (χ0v) is 15.5. The van der Waals surface area contributed by atoms with Crippen LogP contribution in [0.15, 0.2) is 42.1 Å². The molecule has 9 heteroatoms. The fraction of sp³-hybridized carbons (Fsp3) is 0.211. The van der Waals surface area contributed by atoms with Crippen molar-refractivity contribution in [3.05, 3.63) is 53.5 Å². The predicted octanol–water partition coefficient (Wildman–Crippen LogP) is 2.13. The number of rotatable bonds is 5. The summed E-state index contributed by atoms with van der Waals surface area (Å²) in [5, 5.41) is 2.05. The molecule has 0 fully saturated rings. The lowest BCUT2D eigenvalue weighted by atomic mass is 10.2. The minimum Gasteiger partial charge on any atom is -0.462 e. The normalized spacial score (nSPS) is 13.6. The Bertz CT molecular complexity index is 988. The molecule has 1 aromatic heterocycles. The van der Waals surface area contributed by atoms with E-state index in [1.54, 1.807) is 6.92 Å². The topological polar surface area (TPSA) is 92.7 Å². The third-order valence-electron chi connectivity index (χ3n) is 4.05. The van der Waals surface area contributed by atoms with Gasteiger partial charge in [-0.15, -0.1) is 0 Å². The van der Waals surface area contributed by atoms with E-state index in [4.69, 9.17) is 4.74 Å². The molecule has 0 N–H and O–H groups in total. The van der Waals surface area contributed by atoms with Crippen molar-refractivity contribution < 1.29 is 23.5 Å². The highest BCUT2D eigenvalue weighted by atomic mass is 19.1. The summed E-state index contributed by atoms with van der Waals surface area (Å²) in [6.07, 6.45) is 2.45. The maximum atomic E-state index is 13.2. The number of anilines is 1. The van der Waals surface area contributed by atoms with Crippen LogP contribution in [0.1, 0.15) is 24.2 Å². The molecule has 8 nitrogen and oxygen atoms in total. The highest BCUT2D eigenvalue weighted by Gasteiger charge is 2.34. The van der Waals surface area contributed by atoms with Crippen LogP contribution >= 0.6 is 0 Å². The summed E-state index contributed by atoms with van der Waals surface area (Å²) in [7, 11) is 1.43. The van der Waals surface area contributed by atoms with Crippen molar-refractivity contribution in [2.75, 3.05) is 18.7 Å². The second kappa shape index (κ2) is 7.55. The highest BCUT2D eigenvalue weighted by molar-refractivity contribution is 6.16. The second-order valence-corrected chi connectivity index (χ2v) is 5.96. The molecule has 28 heavy (non-hydrogen) atoms. The smallest absolute Gasteiger partial charge is 0.343 e. The number of benzene rings is 1. The number of nitrogens with zero attached hydrogens (tertiary/aromatic N) is 4. The average Bonchev–Trinajstić information content (AvgIpc) is 2.93. The lowest BCUT2D eigenvalue weighted by Gasteiger charge is -2.28. The standard InChI is InChI=1S/C19H17FN4O4/c1-4-28-19(27)14-10-21-16(12-5-7-13(20)8-6-12)22-17(14)23(3)24-15(25)9-11(2)18(24)26/h5-10H,4H2,1-3H3. The lowest BCUT2D eigenvalue weighted by Crippen LogP contribution is -2.45. The molecular weight excluding hydrogens is 367 g/mol. The van der Waals surface area contributed by atoms with Crippen molar-refractivity contribution in [2.24, 2.45) is 0 Å². The van der Waals surface area contributed by atoms with Crippen LogP contribution in [-0.4, -0.2) is 46.4 Å². The van der Waals surface area contributed by atoms with Crippen LogP contribution in [0.4, 0.5) is 10.2 Å². The molecule has 0 spiro atoms. The minimum absolute atomic E-state index is 0.0116. The number of carbonyl (C=O) groups excluding carboxylic acids is 3. The molecule has 0 aliphatic carbocycles. The summed E-state index contributed by atoms with van der Waals surface area (Å²) in [5.74, 6) is -1.99. The van der Waals surface area contributed by atoms with E-state index < -0.39 is 23.6 Å². The Morgan fingerprint density at radius 2 is 1.93 bits per heavy atom. The molecule has 2 heterocycles. The number of aromatic nitrogens is 2. The predicted molar refractivity (Wildman–Crippen MR) is 97.4 cm³/mol. The van der Waals surface area contributed by atoms with E-state index in [2.05, 4.69) is 9.97 Å². The van der Waals surface area contributed by atoms with Crippen molar-refractivity contribution in [3.8, 4) is 11.4 Å². The first-order valence-corrected chi connectivity index (χ1v) is 8.44. The maximum Gasteiger partial charge on any atom is 0.343 e. The van der Waals surface area contributed by atoms with Gasteiger partial charge in [0.15, 0.2) is 11.6 Å². The molecule has 144 valence electrons. The zero-order chi connectivity index (χ0) is 20.4. The summed E-state index contributed by atoms with van der Waals surface area (Å²) >= 11 is 0. The van der Waals surface area contributed by atoms with Gasteiger partial charge in [0.05, 0.1) is 6.61 Å². The van der Waals surface area contributed by atoms with Crippen LogP contribution in [0.3, 0.4) is 0 Å². The molecule has 0 saturated carbocycles. The zero-order valence-electron chi connectivity index (χ0n) is 15.5. The SMILES string of the molecule is CCOC(=O)c1cnc(-c2ccc(F)cc2)nc1N(C)N1C(=O)C=C(C)C1=O. The van der Waals surface area contributed by atoms with Gasteiger partial charge in [0.2, 0.25) is 0 Å². The minimum atomic E-state index is -0.696. The fourth-order valence-electron chi connectivity index (χ4n) is 2.66. The molecule has 2 amide bonds. The summed E-state index contributed by atoms with van der Waals surface area (Å²) in [4.78, 5) is 45.3. The largest absolute Gasteiger partial charge is 0.462 e. The first kappa shape index (κ1) is 19.2. The molecule has 1 aromatic carbocycles. The number of hydrogen-bond donors (Lipinski definition) is 0. The van der Waals surface area contributed by atoms with E-state index in [9.17, 15) is 18.8 Å². The number of ether oxygens (including phenoxy) is 1. The first-order valence-electron chi connectivity index (χ1n) is 8.44. The van der Waals surface area contributed by atoms with E-state index in [1.807, 2.05) is 0 Å². The van der Waals surface area contributed by atoms with Gasteiger partial charge in [0.25, 0.3) is 11.8 Å². The van der Waals surface area contributed by atoms with Crippen molar-refractivity contribution in [1.29, 1.82) is 0 Å². The van der Waals surface area contributed by atoms with Gasteiger partial charge in [-0.3, -0.25) is 14.6 Å². The Balaban J connectivity index is 2.08. The van der Waals surface area contributed by atoms with Crippen LogP contribution in [0.2, 0.25) is 0 Å². The second-order valence-electron chi connectivity index (χ2n) is 5.96. The van der Waals surface area contributed by atoms with E-state index in [0.717, 1.165) is 5.01 Å². The van der Waals surface area contributed by atoms with Gasteiger partial charge in [0, 0.05) is 30.5 Å². The Labute approximate surface area is 160 Å². The Kier molecular flexibility index (Phi) is 5.16. The monoisotopic (exact) mass is 384 g/mol. The molecule has 3 rings (SSSR count). The van der Waals surface area contributed by atoms with E-state index in [-0.39, 0.29) is 29.4 Å². The van der Waals surface area contributed by atoms with Gasteiger partial charge in [-0.25, -0.2) is 19.2 Å². The molecule has 0 atom stereocenters. The number of halogens is 1. The van der Waals surface area contributed by atoms with Crippen LogP contribution in [0, 0.1) is 5.82 Å². The summed E-state index contributed by atoms with van der Waals surface area (Å²) < 4.78 is 18.2. The number of imide groups is 1. The lowest BCUT2D eigenvalue weighted by molar-refractivity contribution is -0.137. The van der Waals surface area contributed by atoms with Gasteiger partial charge in [0.1, 0.15) is 11.4 Å². The third kappa shape index (κ3) is 3.46. The Morgan fingerprint density at radius 3 is 2.50 bits per heavy atom. The van der Waals surface area contributed by atoms with Crippen molar-refractivity contribution in [3.63, 3.8) is 0 Å². The molecule has 0 bridgehead atoms. The van der Waals surface area contributed by atoms with E-state index in [0.29, 0.717) is 5.56 Å². The quantitative estimate of drug-likeness (QED) is 0.576. The number of amides is 2. The number of hydrogen-bond acceptors (Lipinski definition) is 7. The van der Waals surface area contributed by atoms with Crippen molar-refractivity contribution in [1.82, 2.24) is 15.0 Å². The molecule has 2 aromatic rings. The van der Waals surface area contributed by atoms with Crippen LogP contribution in [0.5, 0.6) is 0 Å². The molecule has 0 saturated heterocycles. The fourth-order valence-corrected chi connectivity index (χ4v) is 2.66. The number of esters is 1.